The third-order valence-electron chi connectivity index (χ3n) is 2.19. The maximum atomic E-state index is 11.5. The Kier molecular flexibility index (Phi) is 3.69. The lowest BCUT2D eigenvalue weighted by Gasteiger charge is -2.08. The number of hydrogen-bond donors (Lipinski definition) is 0. The quantitative estimate of drug-likeness (QED) is 0.652. The van der Waals surface area contributed by atoms with E-state index in [1.54, 1.807) is 31.2 Å². The Balaban J connectivity index is 0.000000386. The fourth-order valence-corrected chi connectivity index (χ4v) is 1.53. The predicted molar refractivity (Wildman–Crippen MR) is 52.5 cm³/mol. The van der Waals surface area contributed by atoms with Crippen LogP contribution in [0.1, 0.15) is 27.6 Å². The maximum absolute atomic E-state index is 11.5. The van der Waals surface area contributed by atoms with E-state index in [-0.39, 0.29) is 18.0 Å². The topological polar surface area (TPSA) is 71.5 Å². The molecule has 2 rings (SSSR count). The lowest BCUT2D eigenvalue weighted by molar-refractivity contribution is -0.191. The smallest absolute Gasteiger partial charge is 0.275 e. The van der Waals surface area contributed by atoms with Crippen LogP contribution in [0.5, 0.6) is 0 Å². The average molecular weight is 219 g/mol. The molecule has 1 aliphatic rings. The lowest BCUT2D eigenvalue weighted by atomic mass is 10.1. The lowest BCUT2D eigenvalue weighted by Crippen LogP contribution is -2.29. The summed E-state index contributed by atoms with van der Waals surface area (Å²) >= 11 is 0. The molecule has 1 aromatic carbocycles. The molecule has 0 aromatic heterocycles. The number of imide groups is 1. The van der Waals surface area contributed by atoms with Crippen LogP contribution in [0.3, 0.4) is 0 Å². The highest BCUT2D eigenvalue weighted by atomic mass is 16.2. The van der Waals surface area contributed by atoms with E-state index in [0.717, 1.165) is 0 Å². The number of carbonyl (C=O) groups is 2. The van der Waals surface area contributed by atoms with Crippen LogP contribution in [0.4, 0.5) is 0 Å². The molecule has 0 radical (unpaired) electrons. The van der Waals surface area contributed by atoms with Crippen molar-refractivity contribution in [2.45, 2.75) is 6.92 Å². The van der Waals surface area contributed by atoms with Gasteiger partial charge in [0.15, 0.2) is 0 Å². The average Bonchev–Trinajstić information content (AvgIpc) is 2.53. The van der Waals surface area contributed by atoms with Crippen molar-refractivity contribution in [1.29, 1.82) is 0 Å². The summed E-state index contributed by atoms with van der Waals surface area (Å²) in [5, 5.41) is 0. The molecule has 1 aromatic rings. The fourth-order valence-electron chi connectivity index (χ4n) is 1.53. The molecule has 82 valence electrons. The summed E-state index contributed by atoms with van der Waals surface area (Å²) in [7, 11) is 0. The monoisotopic (exact) mass is 219 g/mol. The van der Waals surface area contributed by atoms with Gasteiger partial charge >= 0.3 is 6.15 Å². The predicted octanol–water partition coefficient (Wildman–Crippen LogP) is 0.719. The van der Waals surface area contributed by atoms with Crippen molar-refractivity contribution in [3.05, 3.63) is 35.4 Å². The van der Waals surface area contributed by atoms with E-state index in [1.807, 2.05) is 0 Å². The van der Waals surface area contributed by atoms with E-state index in [1.165, 1.54) is 4.90 Å². The summed E-state index contributed by atoms with van der Waals surface area (Å²) in [6.45, 7) is 2.23. The van der Waals surface area contributed by atoms with Gasteiger partial charge in [0.25, 0.3) is 11.8 Å². The zero-order valence-corrected chi connectivity index (χ0v) is 8.60. The molecule has 5 heteroatoms. The SMILES string of the molecule is CCN1C(=O)c2ccccc2C1=O.O=C=O. The first-order valence-corrected chi connectivity index (χ1v) is 4.61. The second-order valence-electron chi connectivity index (χ2n) is 2.98. The fraction of sp³-hybridized carbons (Fsp3) is 0.182. The van der Waals surface area contributed by atoms with Crippen molar-refractivity contribution in [1.82, 2.24) is 4.90 Å². The molecule has 0 spiro atoms. The molecule has 0 unspecified atom stereocenters. The molecular weight excluding hydrogens is 210 g/mol. The first-order chi connectivity index (χ1) is 7.67. The summed E-state index contributed by atoms with van der Waals surface area (Å²) in [6.07, 6.45) is 0.250. The van der Waals surface area contributed by atoms with Gasteiger partial charge in [-0.05, 0) is 19.1 Å². The van der Waals surface area contributed by atoms with E-state index in [4.69, 9.17) is 9.59 Å². The van der Waals surface area contributed by atoms with Gasteiger partial charge in [-0.3, -0.25) is 14.5 Å². The van der Waals surface area contributed by atoms with Crippen LogP contribution in [-0.2, 0) is 9.59 Å². The van der Waals surface area contributed by atoms with Crippen LogP contribution in [0.15, 0.2) is 24.3 Å². The Morgan fingerprint density at radius 1 is 1.06 bits per heavy atom. The van der Waals surface area contributed by atoms with Crippen LogP contribution in [0.25, 0.3) is 0 Å². The van der Waals surface area contributed by atoms with Crippen LogP contribution in [0, 0.1) is 0 Å². The van der Waals surface area contributed by atoms with Gasteiger partial charge in [-0.25, -0.2) is 0 Å². The first-order valence-electron chi connectivity index (χ1n) is 4.61. The van der Waals surface area contributed by atoms with E-state index in [2.05, 4.69) is 0 Å². The summed E-state index contributed by atoms with van der Waals surface area (Å²) < 4.78 is 0. The Labute approximate surface area is 91.7 Å². The Bertz CT molecular complexity index is 426. The summed E-state index contributed by atoms with van der Waals surface area (Å²) in [5.41, 5.74) is 1.05. The van der Waals surface area contributed by atoms with E-state index < -0.39 is 0 Å². The number of amides is 2. The highest BCUT2D eigenvalue weighted by Crippen LogP contribution is 2.21. The molecule has 0 fully saturated rings. The van der Waals surface area contributed by atoms with Crippen molar-refractivity contribution in [2.24, 2.45) is 0 Å². The normalized spacial score (nSPS) is 12.7. The molecule has 0 atom stereocenters. The second kappa shape index (κ2) is 5.00. The minimum absolute atomic E-state index is 0.178. The van der Waals surface area contributed by atoms with Crippen molar-refractivity contribution in [2.75, 3.05) is 6.54 Å². The molecule has 2 amide bonds. The molecule has 0 bridgehead atoms. The number of carbonyl (C=O) groups excluding carboxylic acids is 4. The van der Waals surface area contributed by atoms with Crippen LogP contribution in [0.2, 0.25) is 0 Å². The summed E-state index contributed by atoms with van der Waals surface area (Å²) in [5.74, 6) is -0.355. The van der Waals surface area contributed by atoms with Crippen LogP contribution < -0.4 is 0 Å². The van der Waals surface area contributed by atoms with E-state index in [9.17, 15) is 9.59 Å². The van der Waals surface area contributed by atoms with Gasteiger partial charge in [-0.2, -0.15) is 9.59 Å². The molecule has 16 heavy (non-hydrogen) atoms. The Morgan fingerprint density at radius 3 is 1.75 bits per heavy atom. The Hall–Kier alpha value is -2.26. The number of rotatable bonds is 1. The van der Waals surface area contributed by atoms with Gasteiger partial charge in [0.2, 0.25) is 0 Å². The second-order valence-corrected chi connectivity index (χ2v) is 2.98. The highest BCUT2D eigenvalue weighted by Gasteiger charge is 2.33. The van der Waals surface area contributed by atoms with Gasteiger partial charge in [0.1, 0.15) is 0 Å². The molecule has 1 aliphatic heterocycles. The maximum Gasteiger partial charge on any atom is 0.373 e. The largest absolute Gasteiger partial charge is 0.373 e. The van der Waals surface area contributed by atoms with E-state index >= 15 is 0 Å². The number of fused-ring (bicyclic) bond motifs is 1. The van der Waals surface area contributed by atoms with Crippen molar-refractivity contribution < 1.29 is 19.2 Å². The molecule has 0 N–H and O–H groups in total. The molecule has 0 saturated carbocycles. The number of hydrogen-bond acceptors (Lipinski definition) is 4. The van der Waals surface area contributed by atoms with Crippen LogP contribution >= 0.6 is 0 Å². The van der Waals surface area contributed by atoms with Gasteiger partial charge in [-0.1, -0.05) is 12.1 Å². The number of nitrogens with zero attached hydrogens (tertiary/aromatic N) is 1. The minimum Gasteiger partial charge on any atom is -0.275 e. The molecular formula is C11H9NO4. The minimum atomic E-state index is -0.178. The van der Waals surface area contributed by atoms with Gasteiger partial charge in [-0.15, -0.1) is 0 Å². The van der Waals surface area contributed by atoms with Gasteiger partial charge in [0, 0.05) is 6.54 Å². The zero-order chi connectivity index (χ0) is 12.1. The van der Waals surface area contributed by atoms with Gasteiger partial charge < -0.3 is 0 Å². The number of benzene rings is 1. The van der Waals surface area contributed by atoms with Gasteiger partial charge in [0.05, 0.1) is 11.1 Å². The first kappa shape index (κ1) is 11.8. The zero-order valence-electron chi connectivity index (χ0n) is 8.60. The van der Waals surface area contributed by atoms with E-state index in [0.29, 0.717) is 17.7 Å². The molecule has 0 saturated heterocycles. The van der Waals surface area contributed by atoms with Crippen molar-refractivity contribution in [3.8, 4) is 0 Å². The molecule has 1 heterocycles. The third-order valence-corrected chi connectivity index (χ3v) is 2.19. The highest BCUT2D eigenvalue weighted by molar-refractivity contribution is 6.21. The van der Waals surface area contributed by atoms with Crippen LogP contribution in [-0.4, -0.2) is 29.4 Å². The molecule has 0 aliphatic carbocycles. The third kappa shape index (κ3) is 1.89. The van der Waals surface area contributed by atoms with Crippen molar-refractivity contribution >= 4 is 18.0 Å². The molecule has 5 nitrogen and oxygen atoms in total. The summed E-state index contributed by atoms with van der Waals surface area (Å²) in [4.78, 5) is 40.6. The summed E-state index contributed by atoms with van der Waals surface area (Å²) in [6, 6.07) is 6.91. The van der Waals surface area contributed by atoms with Crippen molar-refractivity contribution in [3.63, 3.8) is 0 Å². The Morgan fingerprint density at radius 2 is 1.44 bits per heavy atom. The standard InChI is InChI=1S/C10H9NO2.CO2/c1-2-11-9(12)7-5-3-4-6-8(7)10(11)13;2-1-3/h3-6H,2H2,1H3;.